The largest absolute Gasteiger partial charge is 0.508 e. The first-order valence-corrected chi connectivity index (χ1v) is 8.49. The minimum Gasteiger partial charge on any atom is -0.508 e. The summed E-state index contributed by atoms with van der Waals surface area (Å²) < 4.78 is 0. The second kappa shape index (κ2) is 6.59. The molecule has 1 aromatic carbocycles. The molecule has 0 aliphatic carbocycles. The van der Waals surface area contributed by atoms with Crippen molar-refractivity contribution in [2.24, 2.45) is 0 Å². The van der Waals surface area contributed by atoms with E-state index < -0.39 is 0 Å². The van der Waals surface area contributed by atoms with E-state index in [-0.39, 0.29) is 11.1 Å². The highest BCUT2D eigenvalue weighted by Crippen LogP contribution is 2.28. The number of hydrogen-bond donors (Lipinski definition) is 3. The van der Waals surface area contributed by atoms with E-state index in [9.17, 15) is 5.11 Å². The van der Waals surface area contributed by atoms with E-state index >= 15 is 0 Å². The van der Waals surface area contributed by atoms with Gasteiger partial charge in [0.1, 0.15) is 5.75 Å². The molecule has 3 heteroatoms. The molecular weight excluding hydrogens is 272 g/mol. The van der Waals surface area contributed by atoms with Crippen molar-refractivity contribution in [1.82, 2.24) is 10.6 Å². The van der Waals surface area contributed by atoms with Crippen molar-refractivity contribution in [1.29, 1.82) is 0 Å². The lowest BCUT2D eigenvalue weighted by Crippen LogP contribution is -2.62. The van der Waals surface area contributed by atoms with Gasteiger partial charge in [0, 0.05) is 23.2 Å². The Labute approximate surface area is 135 Å². The highest BCUT2D eigenvalue weighted by Gasteiger charge is 2.37. The summed E-state index contributed by atoms with van der Waals surface area (Å²) in [5.41, 5.74) is 1.67. The third kappa shape index (κ3) is 5.29. The van der Waals surface area contributed by atoms with Crippen molar-refractivity contribution in [3.63, 3.8) is 0 Å². The predicted octanol–water partition coefficient (Wildman–Crippen LogP) is 3.61. The third-order valence-electron chi connectivity index (χ3n) is 4.51. The first-order valence-electron chi connectivity index (χ1n) is 8.49. The summed E-state index contributed by atoms with van der Waals surface area (Å²) in [6.45, 7) is 11.5. The summed E-state index contributed by atoms with van der Waals surface area (Å²) in [5.74, 6) is 0.342. The zero-order chi connectivity index (χ0) is 16.4. The van der Waals surface area contributed by atoms with Crippen LogP contribution in [0, 0.1) is 0 Å². The third-order valence-corrected chi connectivity index (χ3v) is 4.51. The Bertz CT molecular complexity index is 463. The van der Waals surface area contributed by atoms with Crippen molar-refractivity contribution in [2.45, 2.75) is 83.5 Å². The van der Waals surface area contributed by atoms with E-state index in [1.54, 1.807) is 12.1 Å². The fraction of sp³-hybridized carbons (Fsp3) is 0.684. The van der Waals surface area contributed by atoms with Gasteiger partial charge in [-0.05, 0) is 78.0 Å². The van der Waals surface area contributed by atoms with Crippen LogP contribution in [-0.4, -0.2) is 28.3 Å². The van der Waals surface area contributed by atoms with Crippen LogP contribution in [0.25, 0.3) is 0 Å². The zero-order valence-electron chi connectivity index (χ0n) is 14.7. The number of phenolic OH excluding ortho intramolecular Hbond substituents is 1. The summed E-state index contributed by atoms with van der Waals surface area (Å²) >= 11 is 0. The van der Waals surface area contributed by atoms with E-state index in [1.807, 2.05) is 12.1 Å². The van der Waals surface area contributed by atoms with Gasteiger partial charge in [0.25, 0.3) is 0 Å². The van der Waals surface area contributed by atoms with Crippen molar-refractivity contribution in [2.75, 3.05) is 0 Å². The number of phenols is 1. The second-order valence-corrected chi connectivity index (χ2v) is 8.27. The lowest BCUT2D eigenvalue weighted by atomic mass is 9.79. The van der Waals surface area contributed by atoms with Crippen LogP contribution in [0.1, 0.15) is 59.4 Å². The fourth-order valence-corrected chi connectivity index (χ4v) is 3.97. The normalized spacial score (nSPS) is 22.4. The van der Waals surface area contributed by atoms with E-state index in [2.05, 4.69) is 45.3 Å². The monoisotopic (exact) mass is 304 g/mol. The number of rotatable bonds is 5. The molecule has 0 saturated carbocycles. The summed E-state index contributed by atoms with van der Waals surface area (Å²) in [5, 5.41) is 16.9. The molecule has 2 rings (SSSR count). The van der Waals surface area contributed by atoms with Crippen LogP contribution in [-0.2, 0) is 6.42 Å². The Hall–Kier alpha value is -1.06. The first kappa shape index (κ1) is 17.3. The van der Waals surface area contributed by atoms with Crippen LogP contribution in [0.3, 0.4) is 0 Å². The summed E-state index contributed by atoms with van der Waals surface area (Å²) in [6.07, 6.45) is 4.50. The summed E-state index contributed by atoms with van der Waals surface area (Å²) in [7, 11) is 0. The van der Waals surface area contributed by atoms with Crippen molar-refractivity contribution in [3.05, 3.63) is 29.8 Å². The Morgan fingerprint density at radius 1 is 1.14 bits per heavy atom. The molecule has 0 amide bonds. The van der Waals surface area contributed by atoms with Gasteiger partial charge in [-0.1, -0.05) is 12.1 Å². The molecule has 0 radical (unpaired) electrons. The summed E-state index contributed by atoms with van der Waals surface area (Å²) in [4.78, 5) is 0. The van der Waals surface area contributed by atoms with Gasteiger partial charge < -0.3 is 15.7 Å². The average Bonchev–Trinajstić information content (AvgIpc) is 2.34. The molecular formula is C19H32N2O. The molecule has 1 unspecified atom stereocenters. The van der Waals surface area contributed by atoms with Gasteiger partial charge in [-0.3, -0.25) is 0 Å². The first-order chi connectivity index (χ1) is 10.2. The van der Waals surface area contributed by atoms with E-state index in [1.165, 1.54) is 18.4 Å². The van der Waals surface area contributed by atoms with Gasteiger partial charge in [-0.25, -0.2) is 0 Å². The van der Waals surface area contributed by atoms with Crippen LogP contribution in [0.2, 0.25) is 0 Å². The highest BCUT2D eigenvalue weighted by molar-refractivity contribution is 5.25. The molecule has 1 atom stereocenters. The van der Waals surface area contributed by atoms with E-state index in [0.29, 0.717) is 17.8 Å². The average molecular weight is 304 g/mol. The molecule has 3 nitrogen and oxygen atoms in total. The van der Waals surface area contributed by atoms with Crippen LogP contribution < -0.4 is 10.6 Å². The Morgan fingerprint density at radius 2 is 1.68 bits per heavy atom. The van der Waals surface area contributed by atoms with Crippen molar-refractivity contribution in [3.8, 4) is 5.75 Å². The summed E-state index contributed by atoms with van der Waals surface area (Å²) in [6, 6.07) is 8.64. The molecule has 1 aliphatic heterocycles. The SMILES string of the molecule is CC(CCc1ccc(O)cc1)NC1CC(C)(C)NC(C)(C)C1. The lowest BCUT2D eigenvalue weighted by molar-refractivity contribution is 0.140. The van der Waals surface area contributed by atoms with E-state index in [0.717, 1.165) is 12.8 Å². The molecule has 22 heavy (non-hydrogen) atoms. The standard InChI is InChI=1S/C19H32N2O/c1-14(6-7-15-8-10-17(22)11-9-15)20-16-12-18(2,3)21-19(4,5)13-16/h8-11,14,16,20-22H,6-7,12-13H2,1-5H3. The number of hydrogen-bond acceptors (Lipinski definition) is 3. The number of aryl methyl sites for hydroxylation is 1. The maximum atomic E-state index is 9.33. The number of aromatic hydroxyl groups is 1. The Kier molecular flexibility index (Phi) is 5.18. The predicted molar refractivity (Wildman–Crippen MR) is 93.3 cm³/mol. The molecule has 1 saturated heterocycles. The quantitative estimate of drug-likeness (QED) is 0.778. The van der Waals surface area contributed by atoms with Gasteiger partial charge in [0.05, 0.1) is 0 Å². The molecule has 1 aromatic rings. The molecule has 0 aromatic heterocycles. The topological polar surface area (TPSA) is 44.3 Å². The van der Waals surface area contributed by atoms with Crippen molar-refractivity contribution >= 4 is 0 Å². The lowest BCUT2D eigenvalue weighted by Gasteiger charge is -2.47. The Morgan fingerprint density at radius 3 is 2.23 bits per heavy atom. The number of nitrogens with one attached hydrogen (secondary N) is 2. The minimum absolute atomic E-state index is 0.191. The van der Waals surface area contributed by atoms with Crippen LogP contribution in [0.4, 0.5) is 0 Å². The Balaban J connectivity index is 1.83. The van der Waals surface area contributed by atoms with Crippen LogP contribution in [0.15, 0.2) is 24.3 Å². The van der Waals surface area contributed by atoms with Gasteiger partial charge >= 0.3 is 0 Å². The minimum atomic E-state index is 0.191. The fourth-order valence-electron chi connectivity index (χ4n) is 3.97. The highest BCUT2D eigenvalue weighted by atomic mass is 16.3. The maximum Gasteiger partial charge on any atom is 0.115 e. The van der Waals surface area contributed by atoms with Gasteiger partial charge in [-0.15, -0.1) is 0 Å². The van der Waals surface area contributed by atoms with Crippen LogP contribution in [0.5, 0.6) is 5.75 Å². The number of piperidine rings is 1. The van der Waals surface area contributed by atoms with Crippen LogP contribution >= 0.6 is 0 Å². The molecule has 0 spiro atoms. The van der Waals surface area contributed by atoms with Gasteiger partial charge in [0.15, 0.2) is 0 Å². The molecule has 0 bridgehead atoms. The molecule has 3 N–H and O–H groups in total. The zero-order valence-corrected chi connectivity index (χ0v) is 14.7. The number of benzene rings is 1. The molecule has 1 fully saturated rings. The van der Waals surface area contributed by atoms with E-state index in [4.69, 9.17) is 0 Å². The van der Waals surface area contributed by atoms with Gasteiger partial charge in [0.2, 0.25) is 0 Å². The molecule has 1 heterocycles. The van der Waals surface area contributed by atoms with Gasteiger partial charge in [-0.2, -0.15) is 0 Å². The molecule has 124 valence electrons. The molecule has 1 aliphatic rings. The van der Waals surface area contributed by atoms with Crippen molar-refractivity contribution < 1.29 is 5.11 Å². The smallest absolute Gasteiger partial charge is 0.115 e. The second-order valence-electron chi connectivity index (χ2n) is 8.27. The maximum absolute atomic E-state index is 9.33.